The molecule has 1 heterocycles. The molecule has 17 heavy (non-hydrogen) atoms. The Morgan fingerprint density at radius 2 is 1.88 bits per heavy atom. The van der Waals surface area contributed by atoms with E-state index in [0.29, 0.717) is 0 Å². The number of aryl methyl sites for hydroxylation is 2. The van der Waals surface area contributed by atoms with Gasteiger partial charge in [-0.3, -0.25) is 0 Å². The van der Waals surface area contributed by atoms with E-state index in [4.69, 9.17) is 4.42 Å². The van der Waals surface area contributed by atoms with E-state index in [1.807, 2.05) is 13.8 Å². The molecule has 0 spiro atoms. The van der Waals surface area contributed by atoms with E-state index in [0.717, 1.165) is 37.6 Å². The van der Waals surface area contributed by atoms with E-state index in [9.17, 15) is 0 Å². The van der Waals surface area contributed by atoms with Crippen molar-refractivity contribution in [2.45, 2.75) is 53.1 Å². The molecule has 0 radical (unpaired) electrons. The average molecular weight is 238 g/mol. The first-order valence-corrected chi connectivity index (χ1v) is 6.40. The fraction of sp³-hybridized carbons (Fsp3) is 0.714. The monoisotopic (exact) mass is 238 g/mol. The van der Waals surface area contributed by atoms with Crippen molar-refractivity contribution in [3.05, 3.63) is 23.2 Å². The summed E-state index contributed by atoms with van der Waals surface area (Å²) in [5.74, 6) is 2.02. The molecule has 0 atom stereocenters. The predicted molar refractivity (Wildman–Crippen MR) is 72.3 cm³/mol. The molecule has 2 N–H and O–H groups in total. The number of nitrogens with one attached hydrogen (secondary N) is 2. The minimum atomic E-state index is 0.220. The van der Waals surface area contributed by atoms with Crippen LogP contribution in [0.1, 0.15) is 44.3 Å². The van der Waals surface area contributed by atoms with E-state index >= 15 is 0 Å². The van der Waals surface area contributed by atoms with Gasteiger partial charge >= 0.3 is 0 Å². The smallest absolute Gasteiger partial charge is 0.105 e. The van der Waals surface area contributed by atoms with E-state index in [2.05, 4.69) is 37.5 Å². The molecule has 1 aromatic heterocycles. The maximum atomic E-state index is 5.49. The van der Waals surface area contributed by atoms with E-state index < -0.39 is 0 Å². The standard InChI is InChI=1S/C14H26N2O/c1-11-9-13(12(2)17-11)10-15-7-6-8-16-14(3,4)5/h9,15-16H,6-8,10H2,1-5H3. The largest absolute Gasteiger partial charge is 0.466 e. The van der Waals surface area contributed by atoms with Gasteiger partial charge in [0.1, 0.15) is 11.5 Å². The Morgan fingerprint density at radius 3 is 2.41 bits per heavy atom. The summed E-state index contributed by atoms with van der Waals surface area (Å²) in [5, 5.41) is 6.92. The van der Waals surface area contributed by atoms with Crippen LogP contribution in [-0.4, -0.2) is 18.6 Å². The highest BCUT2D eigenvalue weighted by Crippen LogP contribution is 2.12. The van der Waals surface area contributed by atoms with Gasteiger partial charge in [-0.15, -0.1) is 0 Å². The van der Waals surface area contributed by atoms with Gasteiger partial charge in [0, 0.05) is 17.6 Å². The molecule has 1 rings (SSSR count). The Morgan fingerprint density at radius 1 is 1.18 bits per heavy atom. The zero-order chi connectivity index (χ0) is 12.9. The molecule has 0 saturated heterocycles. The van der Waals surface area contributed by atoms with Gasteiger partial charge in [0.2, 0.25) is 0 Å². The Hall–Kier alpha value is -0.800. The van der Waals surface area contributed by atoms with Gasteiger partial charge in [0.15, 0.2) is 0 Å². The van der Waals surface area contributed by atoms with Crippen molar-refractivity contribution in [1.82, 2.24) is 10.6 Å². The summed E-state index contributed by atoms with van der Waals surface area (Å²) in [6.45, 7) is 13.6. The fourth-order valence-electron chi connectivity index (χ4n) is 1.76. The summed E-state index contributed by atoms with van der Waals surface area (Å²) in [6.07, 6.45) is 1.15. The highest BCUT2D eigenvalue weighted by Gasteiger charge is 2.07. The molecule has 0 amide bonds. The quantitative estimate of drug-likeness (QED) is 0.748. The summed E-state index contributed by atoms with van der Waals surface area (Å²) in [7, 11) is 0. The first kappa shape index (κ1) is 14.3. The number of hydrogen-bond donors (Lipinski definition) is 2. The lowest BCUT2D eigenvalue weighted by Gasteiger charge is -2.20. The summed E-state index contributed by atoms with van der Waals surface area (Å²) in [6, 6.07) is 2.11. The average Bonchev–Trinajstić information content (AvgIpc) is 2.49. The molecule has 0 bridgehead atoms. The van der Waals surface area contributed by atoms with E-state index in [-0.39, 0.29) is 5.54 Å². The molecule has 0 fully saturated rings. The topological polar surface area (TPSA) is 37.2 Å². The van der Waals surface area contributed by atoms with Crippen LogP contribution in [0, 0.1) is 13.8 Å². The molecule has 98 valence electrons. The first-order valence-electron chi connectivity index (χ1n) is 6.40. The number of hydrogen-bond acceptors (Lipinski definition) is 3. The highest BCUT2D eigenvalue weighted by atomic mass is 16.3. The molecule has 0 aliphatic rings. The van der Waals surface area contributed by atoms with Crippen molar-refractivity contribution >= 4 is 0 Å². The zero-order valence-corrected chi connectivity index (χ0v) is 11.8. The van der Waals surface area contributed by atoms with Gasteiger partial charge in [0.05, 0.1) is 0 Å². The van der Waals surface area contributed by atoms with Crippen LogP contribution in [0.5, 0.6) is 0 Å². The molecule has 0 unspecified atom stereocenters. The van der Waals surface area contributed by atoms with Crippen molar-refractivity contribution < 1.29 is 4.42 Å². The van der Waals surface area contributed by atoms with Gasteiger partial charge < -0.3 is 15.1 Å². The van der Waals surface area contributed by atoms with E-state index in [1.54, 1.807) is 0 Å². The summed E-state index contributed by atoms with van der Waals surface area (Å²) in [5.41, 5.74) is 1.49. The van der Waals surface area contributed by atoms with Crippen molar-refractivity contribution in [3.63, 3.8) is 0 Å². The highest BCUT2D eigenvalue weighted by molar-refractivity contribution is 5.19. The Balaban J connectivity index is 2.11. The molecule has 0 aliphatic heterocycles. The maximum absolute atomic E-state index is 5.49. The number of rotatable bonds is 6. The predicted octanol–water partition coefficient (Wildman–Crippen LogP) is 2.76. The van der Waals surface area contributed by atoms with Crippen LogP contribution >= 0.6 is 0 Å². The Labute approximate surface area is 105 Å². The first-order chi connectivity index (χ1) is 7.88. The van der Waals surface area contributed by atoms with Gasteiger partial charge in [-0.05, 0) is 60.2 Å². The molecule has 0 saturated carbocycles. The van der Waals surface area contributed by atoms with Crippen LogP contribution < -0.4 is 10.6 Å². The minimum absolute atomic E-state index is 0.220. The normalized spacial score (nSPS) is 12.1. The van der Waals surface area contributed by atoms with Crippen molar-refractivity contribution in [1.29, 1.82) is 0 Å². The lowest BCUT2D eigenvalue weighted by Crippen LogP contribution is -2.37. The second kappa shape index (κ2) is 6.22. The van der Waals surface area contributed by atoms with Gasteiger partial charge in [-0.25, -0.2) is 0 Å². The molecular formula is C14H26N2O. The van der Waals surface area contributed by atoms with Gasteiger partial charge in [-0.1, -0.05) is 0 Å². The number of furan rings is 1. The molecule has 3 heteroatoms. The second-order valence-electron chi connectivity index (χ2n) is 5.65. The molecule has 3 nitrogen and oxygen atoms in total. The molecule has 0 aromatic carbocycles. The third-order valence-electron chi connectivity index (χ3n) is 2.64. The van der Waals surface area contributed by atoms with Gasteiger partial charge in [0.25, 0.3) is 0 Å². The summed E-state index contributed by atoms with van der Waals surface area (Å²) < 4.78 is 5.49. The van der Waals surface area contributed by atoms with Crippen LogP contribution in [0.3, 0.4) is 0 Å². The van der Waals surface area contributed by atoms with Crippen LogP contribution in [0.4, 0.5) is 0 Å². The van der Waals surface area contributed by atoms with Crippen LogP contribution in [0.2, 0.25) is 0 Å². The minimum Gasteiger partial charge on any atom is -0.466 e. The van der Waals surface area contributed by atoms with E-state index in [1.165, 1.54) is 5.56 Å². The zero-order valence-electron chi connectivity index (χ0n) is 11.8. The van der Waals surface area contributed by atoms with Crippen molar-refractivity contribution in [3.8, 4) is 0 Å². The Kier molecular flexibility index (Phi) is 5.22. The summed E-state index contributed by atoms with van der Waals surface area (Å²) >= 11 is 0. The summed E-state index contributed by atoms with van der Waals surface area (Å²) in [4.78, 5) is 0. The third kappa shape index (κ3) is 5.89. The second-order valence-corrected chi connectivity index (χ2v) is 5.65. The third-order valence-corrected chi connectivity index (χ3v) is 2.64. The van der Waals surface area contributed by atoms with Crippen LogP contribution in [0.25, 0.3) is 0 Å². The molecular weight excluding hydrogens is 212 g/mol. The SMILES string of the molecule is Cc1cc(CNCCCNC(C)(C)C)c(C)o1. The van der Waals surface area contributed by atoms with Gasteiger partial charge in [-0.2, -0.15) is 0 Å². The fourth-order valence-corrected chi connectivity index (χ4v) is 1.76. The van der Waals surface area contributed by atoms with Crippen LogP contribution in [-0.2, 0) is 6.54 Å². The van der Waals surface area contributed by atoms with Crippen molar-refractivity contribution in [2.24, 2.45) is 0 Å². The molecule has 1 aromatic rings. The Bertz CT molecular complexity index is 336. The lowest BCUT2D eigenvalue weighted by molar-refractivity contribution is 0.418. The molecule has 0 aliphatic carbocycles. The lowest BCUT2D eigenvalue weighted by atomic mass is 10.1. The van der Waals surface area contributed by atoms with Crippen LogP contribution in [0.15, 0.2) is 10.5 Å². The maximum Gasteiger partial charge on any atom is 0.105 e. The van der Waals surface area contributed by atoms with Crippen molar-refractivity contribution in [2.75, 3.05) is 13.1 Å².